The second-order valence-electron chi connectivity index (χ2n) is 5.11. The topological polar surface area (TPSA) is 59.3 Å². The third kappa shape index (κ3) is 5.15. The van der Waals surface area contributed by atoms with Gasteiger partial charge in [-0.15, -0.1) is 0 Å². The highest BCUT2D eigenvalue weighted by atomic mass is 16.5. The second-order valence-corrected chi connectivity index (χ2v) is 5.11. The average molecular weight is 309 g/mol. The number of benzene rings is 2. The molecule has 0 spiro atoms. The molecule has 4 nitrogen and oxygen atoms in total. The van der Waals surface area contributed by atoms with E-state index in [-0.39, 0.29) is 5.97 Å². The zero-order chi connectivity index (χ0) is 16.5. The molecule has 0 saturated carbocycles. The summed E-state index contributed by atoms with van der Waals surface area (Å²) in [5.74, 6) is 0.372. The van der Waals surface area contributed by atoms with Gasteiger partial charge in [-0.25, -0.2) is 4.79 Å². The second kappa shape index (κ2) is 8.60. The van der Waals surface area contributed by atoms with Gasteiger partial charge in [0, 0.05) is 0 Å². The first-order valence-corrected chi connectivity index (χ1v) is 7.62. The van der Waals surface area contributed by atoms with Crippen LogP contribution in [0.25, 0.3) is 0 Å². The van der Waals surface area contributed by atoms with Crippen molar-refractivity contribution < 1.29 is 14.3 Å². The molecule has 0 amide bonds. The molecule has 0 aliphatic heterocycles. The van der Waals surface area contributed by atoms with Crippen LogP contribution in [-0.2, 0) is 11.3 Å². The molecule has 0 aliphatic rings. The van der Waals surface area contributed by atoms with E-state index in [9.17, 15) is 4.79 Å². The van der Waals surface area contributed by atoms with Crippen molar-refractivity contribution in [3.63, 3.8) is 0 Å². The van der Waals surface area contributed by atoms with Crippen molar-refractivity contribution in [1.29, 1.82) is 5.26 Å². The maximum Gasteiger partial charge on any atom is 0.338 e. The summed E-state index contributed by atoms with van der Waals surface area (Å²) in [4.78, 5) is 11.8. The molecule has 2 rings (SSSR count). The molecule has 2 aromatic rings. The number of carbonyl (C=O) groups is 1. The van der Waals surface area contributed by atoms with Crippen molar-refractivity contribution in [1.82, 2.24) is 0 Å². The van der Waals surface area contributed by atoms with E-state index in [0.29, 0.717) is 30.1 Å². The molecule has 0 saturated heterocycles. The molecule has 23 heavy (non-hydrogen) atoms. The maximum atomic E-state index is 11.8. The van der Waals surface area contributed by atoms with Crippen molar-refractivity contribution in [3.05, 3.63) is 65.2 Å². The molecular weight excluding hydrogens is 290 g/mol. The minimum absolute atomic E-state index is 0.308. The molecule has 118 valence electrons. The Morgan fingerprint density at radius 2 is 1.78 bits per heavy atom. The summed E-state index contributed by atoms with van der Waals surface area (Å²) in [5.41, 5.74) is 2.12. The Morgan fingerprint density at radius 3 is 2.39 bits per heavy atom. The van der Waals surface area contributed by atoms with Crippen molar-refractivity contribution >= 4 is 5.97 Å². The Balaban J connectivity index is 1.87. The molecule has 4 heteroatoms. The predicted octanol–water partition coefficient (Wildman–Crippen LogP) is 4.09. The predicted molar refractivity (Wildman–Crippen MR) is 87.1 cm³/mol. The highest BCUT2D eigenvalue weighted by Crippen LogP contribution is 2.15. The van der Waals surface area contributed by atoms with Crippen molar-refractivity contribution in [2.75, 3.05) is 6.61 Å². The van der Waals surface area contributed by atoms with Gasteiger partial charge in [0.15, 0.2) is 0 Å². The van der Waals surface area contributed by atoms with E-state index < -0.39 is 0 Å². The van der Waals surface area contributed by atoms with Crippen LogP contribution in [0.2, 0.25) is 0 Å². The number of carbonyl (C=O) groups excluding carboxylic acids is 1. The van der Waals surface area contributed by atoms with E-state index in [2.05, 4.69) is 6.07 Å². The van der Waals surface area contributed by atoms with Gasteiger partial charge in [-0.1, -0.05) is 25.5 Å². The smallest absolute Gasteiger partial charge is 0.338 e. The number of hydrogen-bond donors (Lipinski definition) is 0. The monoisotopic (exact) mass is 309 g/mol. The zero-order valence-corrected chi connectivity index (χ0v) is 13.1. The Hall–Kier alpha value is -2.80. The molecule has 0 fully saturated rings. The van der Waals surface area contributed by atoms with Gasteiger partial charge >= 0.3 is 5.97 Å². The zero-order valence-electron chi connectivity index (χ0n) is 13.1. The SMILES string of the molecule is CCCCOC(=O)c1ccc(OCc2ccc(C#N)cc2)cc1. The van der Waals surface area contributed by atoms with E-state index in [1.807, 2.05) is 19.1 Å². The van der Waals surface area contributed by atoms with E-state index in [1.165, 1.54) is 0 Å². The van der Waals surface area contributed by atoms with Crippen LogP contribution in [-0.4, -0.2) is 12.6 Å². The molecule has 0 unspecified atom stereocenters. The van der Waals surface area contributed by atoms with Crippen LogP contribution >= 0.6 is 0 Å². The lowest BCUT2D eigenvalue weighted by atomic mass is 10.1. The average Bonchev–Trinajstić information content (AvgIpc) is 2.61. The first-order valence-electron chi connectivity index (χ1n) is 7.62. The fourth-order valence-corrected chi connectivity index (χ4v) is 1.92. The number of rotatable bonds is 7. The van der Waals surface area contributed by atoms with Crippen LogP contribution in [0.3, 0.4) is 0 Å². The lowest BCUT2D eigenvalue weighted by molar-refractivity contribution is 0.0499. The summed E-state index contributed by atoms with van der Waals surface area (Å²) in [6.07, 6.45) is 1.87. The summed E-state index contributed by atoms with van der Waals surface area (Å²) in [5, 5.41) is 8.76. The van der Waals surface area contributed by atoms with Crippen LogP contribution < -0.4 is 4.74 Å². The summed E-state index contributed by atoms with van der Waals surface area (Å²) < 4.78 is 10.8. The van der Waals surface area contributed by atoms with Crippen molar-refractivity contribution in [2.45, 2.75) is 26.4 Å². The normalized spacial score (nSPS) is 9.91. The molecule has 0 heterocycles. The largest absolute Gasteiger partial charge is 0.489 e. The Labute approximate surface area is 136 Å². The van der Waals surface area contributed by atoms with E-state index in [1.54, 1.807) is 36.4 Å². The third-order valence-corrected chi connectivity index (χ3v) is 3.31. The van der Waals surface area contributed by atoms with Crippen LogP contribution in [0.1, 0.15) is 41.3 Å². The number of unbranched alkanes of at least 4 members (excludes halogenated alkanes) is 1. The van der Waals surface area contributed by atoms with Gasteiger partial charge in [-0.3, -0.25) is 0 Å². The fourth-order valence-electron chi connectivity index (χ4n) is 1.92. The van der Waals surface area contributed by atoms with Crippen LogP contribution in [0.15, 0.2) is 48.5 Å². The lowest BCUT2D eigenvalue weighted by Crippen LogP contribution is -2.06. The van der Waals surface area contributed by atoms with E-state index >= 15 is 0 Å². The van der Waals surface area contributed by atoms with Crippen LogP contribution in [0.5, 0.6) is 5.75 Å². The highest BCUT2D eigenvalue weighted by molar-refractivity contribution is 5.89. The number of esters is 1. The number of ether oxygens (including phenoxy) is 2. The minimum atomic E-state index is -0.308. The quantitative estimate of drug-likeness (QED) is 0.571. The fraction of sp³-hybridized carbons (Fsp3) is 0.263. The van der Waals surface area contributed by atoms with E-state index in [0.717, 1.165) is 18.4 Å². The lowest BCUT2D eigenvalue weighted by Gasteiger charge is -2.08. The van der Waals surface area contributed by atoms with Gasteiger partial charge in [0.2, 0.25) is 0 Å². The summed E-state index contributed by atoms with van der Waals surface area (Å²) in [6, 6.07) is 16.2. The molecule has 0 atom stereocenters. The van der Waals surface area contributed by atoms with Gasteiger partial charge in [0.1, 0.15) is 12.4 Å². The third-order valence-electron chi connectivity index (χ3n) is 3.31. The Morgan fingerprint density at radius 1 is 1.09 bits per heavy atom. The van der Waals surface area contributed by atoms with Gasteiger partial charge < -0.3 is 9.47 Å². The van der Waals surface area contributed by atoms with E-state index in [4.69, 9.17) is 14.7 Å². The number of hydrogen-bond acceptors (Lipinski definition) is 4. The van der Waals surface area contributed by atoms with Crippen molar-refractivity contribution in [3.8, 4) is 11.8 Å². The first kappa shape index (κ1) is 16.6. The molecule has 0 aromatic heterocycles. The highest BCUT2D eigenvalue weighted by Gasteiger charge is 2.06. The molecule has 0 bridgehead atoms. The van der Waals surface area contributed by atoms with Gasteiger partial charge in [0.25, 0.3) is 0 Å². The summed E-state index contributed by atoms with van der Waals surface area (Å²) in [6.45, 7) is 2.91. The Bertz CT molecular complexity index is 669. The Kier molecular flexibility index (Phi) is 6.19. The standard InChI is InChI=1S/C19H19NO3/c1-2-3-12-22-19(21)17-8-10-18(11-9-17)23-14-16-6-4-15(13-20)5-7-16/h4-11H,2-3,12,14H2,1H3. The molecular formula is C19H19NO3. The molecule has 0 N–H and O–H groups in total. The maximum absolute atomic E-state index is 11.8. The number of nitrogens with zero attached hydrogens (tertiary/aromatic N) is 1. The molecule has 0 radical (unpaired) electrons. The van der Waals surface area contributed by atoms with Gasteiger partial charge in [0.05, 0.1) is 23.8 Å². The van der Waals surface area contributed by atoms with Crippen molar-refractivity contribution in [2.24, 2.45) is 0 Å². The summed E-state index contributed by atoms with van der Waals surface area (Å²) in [7, 11) is 0. The van der Waals surface area contributed by atoms with Gasteiger partial charge in [-0.05, 0) is 48.4 Å². The van der Waals surface area contributed by atoms with Gasteiger partial charge in [-0.2, -0.15) is 5.26 Å². The molecule has 2 aromatic carbocycles. The first-order chi connectivity index (χ1) is 11.2. The van der Waals surface area contributed by atoms with Crippen LogP contribution in [0.4, 0.5) is 0 Å². The van der Waals surface area contributed by atoms with Crippen LogP contribution in [0, 0.1) is 11.3 Å². The molecule has 0 aliphatic carbocycles. The number of nitriles is 1. The summed E-state index contributed by atoms with van der Waals surface area (Å²) >= 11 is 0. The minimum Gasteiger partial charge on any atom is -0.489 e.